The molecule has 0 radical (unpaired) electrons. The summed E-state index contributed by atoms with van der Waals surface area (Å²) in [7, 11) is 0. The number of carbonyl (C=O) groups is 3. The van der Waals surface area contributed by atoms with Gasteiger partial charge in [0.25, 0.3) is 0 Å². The largest absolute Gasteiger partial charge is 0.372 e. The fourth-order valence-corrected chi connectivity index (χ4v) is 4.48. The number of morpholine rings is 1. The monoisotopic (exact) mass is 380 g/mol. The van der Waals surface area contributed by atoms with Crippen molar-refractivity contribution in [2.45, 2.75) is 52.4 Å². The minimum Gasteiger partial charge on any atom is -0.372 e. The molecule has 0 aliphatic carbocycles. The molecule has 1 saturated heterocycles. The fraction of sp³-hybridized carbons (Fsp3) is 0.526. The second-order valence-corrected chi connectivity index (χ2v) is 7.36. The third-order valence-electron chi connectivity index (χ3n) is 5.37. The molecule has 1 fully saturated rings. The van der Waals surface area contributed by atoms with Gasteiger partial charge in [-0.1, -0.05) is 0 Å². The van der Waals surface area contributed by atoms with Gasteiger partial charge < -0.3 is 9.64 Å². The van der Waals surface area contributed by atoms with E-state index in [0.29, 0.717) is 0 Å². The second kappa shape index (κ2) is 6.67. The highest BCUT2D eigenvalue weighted by Gasteiger charge is 2.59. The number of hydrogen-bond donors (Lipinski definition) is 1. The number of Topliss-reactive ketones (excluding diaryl/α,β-unsaturated/α-hetero) is 1. The summed E-state index contributed by atoms with van der Waals surface area (Å²) in [5, 5.41) is 2.19. The van der Waals surface area contributed by atoms with Gasteiger partial charge in [0.05, 0.1) is 23.9 Å². The van der Waals surface area contributed by atoms with Crippen molar-refractivity contribution in [3.05, 3.63) is 29.3 Å². The topological polar surface area (TPSA) is 75.7 Å². The Balaban J connectivity index is 2.26. The maximum atomic E-state index is 14.7. The van der Waals surface area contributed by atoms with Crippen molar-refractivity contribution >= 4 is 23.3 Å². The molecule has 2 aliphatic rings. The molecule has 0 bridgehead atoms. The van der Waals surface area contributed by atoms with Gasteiger partial charge in [0, 0.05) is 19.5 Å². The lowest BCUT2D eigenvalue weighted by Gasteiger charge is -2.54. The summed E-state index contributed by atoms with van der Waals surface area (Å²) in [6.07, 6.45) is -1.09. The van der Waals surface area contributed by atoms with Gasteiger partial charge in [-0.3, -0.25) is 19.7 Å². The zero-order valence-electron chi connectivity index (χ0n) is 15.6. The summed E-state index contributed by atoms with van der Waals surface area (Å²) >= 11 is 0. The lowest BCUT2D eigenvalue weighted by atomic mass is 9.65. The molecule has 4 atom stereocenters. The molecule has 0 spiro atoms. The molecular weight excluding hydrogens is 358 g/mol. The number of halogens is 2. The first-order valence-corrected chi connectivity index (χ1v) is 8.81. The van der Waals surface area contributed by atoms with Crippen molar-refractivity contribution < 1.29 is 27.9 Å². The Morgan fingerprint density at radius 1 is 1.22 bits per heavy atom. The summed E-state index contributed by atoms with van der Waals surface area (Å²) in [4.78, 5) is 38.9. The highest BCUT2D eigenvalue weighted by molar-refractivity contribution is 6.11. The van der Waals surface area contributed by atoms with E-state index in [1.54, 1.807) is 18.7 Å². The van der Waals surface area contributed by atoms with Crippen LogP contribution >= 0.6 is 0 Å². The van der Waals surface area contributed by atoms with Gasteiger partial charge in [-0.15, -0.1) is 0 Å². The van der Waals surface area contributed by atoms with Crippen LogP contribution in [0.5, 0.6) is 0 Å². The van der Waals surface area contributed by atoms with Crippen LogP contribution in [-0.2, 0) is 25.5 Å². The number of benzene rings is 1. The lowest BCUT2D eigenvalue weighted by molar-refractivity contribution is -0.151. The smallest absolute Gasteiger partial charge is 0.242 e. The molecule has 27 heavy (non-hydrogen) atoms. The first-order chi connectivity index (χ1) is 12.6. The number of hydrogen-bond acceptors (Lipinski definition) is 5. The number of nitrogens with zero attached hydrogens (tertiary/aromatic N) is 1. The Hall–Kier alpha value is -2.35. The average Bonchev–Trinajstić information content (AvgIpc) is 2.51. The molecule has 2 heterocycles. The Morgan fingerprint density at radius 3 is 2.48 bits per heavy atom. The number of rotatable bonds is 2. The van der Waals surface area contributed by atoms with Crippen LogP contribution in [0.2, 0.25) is 0 Å². The zero-order chi connectivity index (χ0) is 20.1. The number of nitrogens with one attached hydrogen (secondary N) is 1. The normalized spacial score (nSPS) is 29.6. The van der Waals surface area contributed by atoms with E-state index >= 15 is 0 Å². The fourth-order valence-electron chi connectivity index (χ4n) is 4.48. The van der Waals surface area contributed by atoms with Gasteiger partial charge >= 0.3 is 0 Å². The molecule has 2 amide bonds. The molecule has 146 valence electrons. The van der Waals surface area contributed by atoms with Gasteiger partial charge in [0.15, 0.2) is 0 Å². The van der Waals surface area contributed by atoms with Gasteiger partial charge in [-0.25, -0.2) is 8.78 Å². The van der Waals surface area contributed by atoms with Gasteiger partial charge in [-0.2, -0.15) is 0 Å². The predicted molar refractivity (Wildman–Crippen MR) is 93.1 cm³/mol. The summed E-state index contributed by atoms with van der Waals surface area (Å²) < 4.78 is 34.4. The van der Waals surface area contributed by atoms with E-state index in [4.69, 9.17) is 4.74 Å². The van der Waals surface area contributed by atoms with Crippen LogP contribution in [0.3, 0.4) is 0 Å². The molecule has 2 aliphatic heterocycles. The van der Waals surface area contributed by atoms with E-state index in [9.17, 15) is 23.2 Å². The van der Waals surface area contributed by atoms with Crippen molar-refractivity contribution in [1.29, 1.82) is 0 Å². The number of amides is 2. The summed E-state index contributed by atoms with van der Waals surface area (Å²) in [5.74, 6) is -3.42. The minimum atomic E-state index is -1.70. The summed E-state index contributed by atoms with van der Waals surface area (Å²) in [6, 6.07) is 1.10. The molecule has 0 aromatic heterocycles. The third-order valence-corrected chi connectivity index (χ3v) is 5.37. The lowest BCUT2D eigenvalue weighted by Crippen LogP contribution is -2.70. The Bertz CT molecular complexity index is 828. The van der Waals surface area contributed by atoms with Crippen LogP contribution in [0, 0.1) is 17.0 Å². The zero-order valence-corrected chi connectivity index (χ0v) is 15.6. The van der Waals surface area contributed by atoms with Crippen molar-refractivity contribution in [2.24, 2.45) is 5.41 Å². The SMILES string of the molecule is CC(=O)NC(=O)[C@]1(C(C)=O)Cc2cc(F)cc(F)c2N2C[C@@H](C)O[C@@H](C)[C@@H]21. The number of ether oxygens (including phenoxy) is 1. The van der Waals surface area contributed by atoms with E-state index in [-0.39, 0.29) is 30.3 Å². The predicted octanol–water partition coefficient (Wildman–Crippen LogP) is 1.74. The van der Waals surface area contributed by atoms with E-state index < -0.39 is 46.8 Å². The molecule has 1 aromatic carbocycles. The first-order valence-electron chi connectivity index (χ1n) is 8.81. The van der Waals surface area contributed by atoms with Crippen LogP contribution in [0.25, 0.3) is 0 Å². The molecule has 0 unspecified atom stereocenters. The highest BCUT2D eigenvalue weighted by Crippen LogP contribution is 2.47. The molecule has 6 nitrogen and oxygen atoms in total. The van der Waals surface area contributed by atoms with Crippen molar-refractivity contribution in [1.82, 2.24) is 5.32 Å². The maximum Gasteiger partial charge on any atom is 0.242 e. The number of anilines is 1. The Labute approximate surface area is 155 Å². The van der Waals surface area contributed by atoms with E-state index in [2.05, 4.69) is 5.32 Å². The van der Waals surface area contributed by atoms with Gasteiger partial charge in [-0.05, 0) is 38.8 Å². The Morgan fingerprint density at radius 2 is 1.89 bits per heavy atom. The number of imide groups is 1. The number of ketones is 1. The van der Waals surface area contributed by atoms with Gasteiger partial charge in [0.2, 0.25) is 11.8 Å². The number of fused-ring (bicyclic) bond motifs is 3. The highest BCUT2D eigenvalue weighted by atomic mass is 19.1. The van der Waals surface area contributed by atoms with E-state index in [1.165, 1.54) is 13.8 Å². The van der Waals surface area contributed by atoms with Crippen molar-refractivity contribution in [3.8, 4) is 0 Å². The van der Waals surface area contributed by atoms with Crippen LogP contribution in [0.1, 0.15) is 33.3 Å². The van der Waals surface area contributed by atoms with E-state index in [1.807, 2.05) is 0 Å². The molecule has 1 N–H and O–H groups in total. The minimum absolute atomic E-state index is 0.177. The Kier molecular flexibility index (Phi) is 4.80. The standard InChI is InChI=1S/C19H22F2N2O4/c1-9-8-23-16-13(5-14(20)6-15(16)21)7-19(11(3)24,17(23)10(2)27-9)18(26)22-12(4)25/h5-6,9-10,17H,7-8H2,1-4H3,(H,22,25,26)/t9-,10+,17-,19+/m1/s1. The average molecular weight is 380 g/mol. The molecule has 8 heteroatoms. The van der Waals surface area contributed by atoms with Crippen molar-refractivity contribution in [2.75, 3.05) is 11.4 Å². The number of carbonyl (C=O) groups excluding carboxylic acids is 3. The molecular formula is C19H22F2N2O4. The molecule has 3 rings (SSSR count). The summed E-state index contributed by atoms with van der Waals surface area (Å²) in [6.45, 7) is 6.16. The molecule has 0 saturated carbocycles. The quantitative estimate of drug-likeness (QED) is 0.791. The van der Waals surface area contributed by atoms with Crippen LogP contribution in [0.15, 0.2) is 12.1 Å². The van der Waals surface area contributed by atoms with E-state index in [0.717, 1.165) is 12.1 Å². The van der Waals surface area contributed by atoms with Crippen molar-refractivity contribution in [3.63, 3.8) is 0 Å². The third kappa shape index (κ3) is 3.01. The first kappa shape index (κ1) is 19.4. The second-order valence-electron chi connectivity index (χ2n) is 7.36. The van der Waals surface area contributed by atoms with Crippen LogP contribution in [-0.4, -0.2) is 42.4 Å². The van der Waals surface area contributed by atoms with Gasteiger partial charge in [0.1, 0.15) is 22.8 Å². The molecule has 1 aromatic rings. The maximum absolute atomic E-state index is 14.7. The van der Waals surface area contributed by atoms with Crippen LogP contribution < -0.4 is 10.2 Å². The van der Waals surface area contributed by atoms with Crippen LogP contribution in [0.4, 0.5) is 14.5 Å². The summed E-state index contributed by atoms with van der Waals surface area (Å²) in [5.41, 5.74) is -1.30.